The molecule has 5 heteroatoms. The van der Waals surface area contributed by atoms with E-state index >= 15 is 0 Å². The first-order chi connectivity index (χ1) is 11.6. The lowest BCUT2D eigenvalue weighted by atomic mass is 9.97. The van der Waals surface area contributed by atoms with Gasteiger partial charge in [0.1, 0.15) is 5.76 Å². The summed E-state index contributed by atoms with van der Waals surface area (Å²) in [5, 5.41) is 3.06. The van der Waals surface area contributed by atoms with E-state index in [9.17, 15) is 4.79 Å². The van der Waals surface area contributed by atoms with Crippen molar-refractivity contribution in [2.24, 2.45) is 5.92 Å². The van der Waals surface area contributed by atoms with Crippen LogP contribution in [0, 0.1) is 5.92 Å². The van der Waals surface area contributed by atoms with Crippen molar-refractivity contribution in [3.63, 3.8) is 0 Å². The number of amides is 1. The van der Waals surface area contributed by atoms with E-state index in [2.05, 4.69) is 33.1 Å². The molecule has 0 bridgehead atoms. The second kappa shape index (κ2) is 7.99. The predicted molar refractivity (Wildman–Crippen MR) is 97.9 cm³/mol. The Morgan fingerprint density at radius 3 is 2.79 bits per heavy atom. The molecule has 3 rings (SSSR count). The third kappa shape index (κ3) is 4.28. The molecule has 0 radical (unpaired) electrons. The van der Waals surface area contributed by atoms with Gasteiger partial charge >= 0.3 is 0 Å². The Morgan fingerprint density at radius 1 is 1.33 bits per heavy atom. The number of rotatable bonds is 5. The normalized spacial score (nSPS) is 17.6. The first-order valence-electron chi connectivity index (χ1n) is 8.44. The maximum Gasteiger partial charge on any atom is 0.251 e. The van der Waals surface area contributed by atoms with Gasteiger partial charge in [-0.2, -0.15) is 0 Å². The summed E-state index contributed by atoms with van der Waals surface area (Å²) >= 11 is 3.41. The fourth-order valence-corrected chi connectivity index (χ4v) is 3.55. The molecule has 1 atom stereocenters. The number of furan rings is 1. The number of benzene rings is 1. The summed E-state index contributed by atoms with van der Waals surface area (Å²) in [7, 11) is 0. The number of carbonyl (C=O) groups is 1. The Balaban J connectivity index is 1.67. The zero-order valence-corrected chi connectivity index (χ0v) is 15.5. The average molecular weight is 391 g/mol. The highest BCUT2D eigenvalue weighted by Gasteiger charge is 2.26. The SMILES string of the molecule is CC1CCN(C(CNC(=O)c2cccc(Br)c2)c2ccco2)CC1. The quantitative estimate of drug-likeness (QED) is 0.829. The van der Waals surface area contributed by atoms with Crippen LogP contribution in [0.2, 0.25) is 0 Å². The molecular weight excluding hydrogens is 368 g/mol. The minimum Gasteiger partial charge on any atom is -0.468 e. The number of likely N-dealkylation sites (tertiary alicyclic amines) is 1. The number of carbonyl (C=O) groups excluding carboxylic acids is 1. The van der Waals surface area contributed by atoms with Crippen LogP contribution in [-0.2, 0) is 0 Å². The molecule has 1 aromatic heterocycles. The molecule has 1 unspecified atom stereocenters. The van der Waals surface area contributed by atoms with E-state index in [1.165, 1.54) is 12.8 Å². The Morgan fingerprint density at radius 2 is 2.12 bits per heavy atom. The molecule has 1 aliphatic heterocycles. The Bertz CT molecular complexity index is 664. The van der Waals surface area contributed by atoms with Crippen LogP contribution < -0.4 is 5.32 Å². The molecular formula is C19H23BrN2O2. The fourth-order valence-electron chi connectivity index (χ4n) is 3.15. The average Bonchev–Trinajstić information content (AvgIpc) is 3.11. The van der Waals surface area contributed by atoms with Crippen molar-refractivity contribution in [3.8, 4) is 0 Å². The third-order valence-corrected chi connectivity index (χ3v) is 5.17. The van der Waals surface area contributed by atoms with E-state index in [1.807, 2.05) is 36.4 Å². The number of nitrogens with zero attached hydrogens (tertiary/aromatic N) is 1. The number of nitrogens with one attached hydrogen (secondary N) is 1. The molecule has 128 valence electrons. The van der Waals surface area contributed by atoms with Crippen LogP contribution in [0.15, 0.2) is 51.6 Å². The molecule has 1 amide bonds. The number of halogens is 1. The molecule has 2 heterocycles. The lowest BCUT2D eigenvalue weighted by Gasteiger charge is -2.35. The first-order valence-corrected chi connectivity index (χ1v) is 9.24. The molecule has 1 aromatic carbocycles. The molecule has 1 aliphatic rings. The van der Waals surface area contributed by atoms with Gasteiger partial charge in [0.25, 0.3) is 5.91 Å². The van der Waals surface area contributed by atoms with Gasteiger partial charge in [-0.3, -0.25) is 9.69 Å². The number of hydrogen-bond donors (Lipinski definition) is 1. The molecule has 1 N–H and O–H groups in total. The van der Waals surface area contributed by atoms with Crippen LogP contribution in [0.4, 0.5) is 0 Å². The minimum absolute atomic E-state index is 0.0572. The maximum atomic E-state index is 12.4. The molecule has 0 aliphatic carbocycles. The first kappa shape index (κ1) is 17.2. The van der Waals surface area contributed by atoms with Crippen LogP contribution in [0.25, 0.3) is 0 Å². The van der Waals surface area contributed by atoms with Gasteiger partial charge < -0.3 is 9.73 Å². The van der Waals surface area contributed by atoms with Crippen molar-refractivity contribution in [3.05, 3.63) is 58.5 Å². The Kier molecular flexibility index (Phi) is 5.74. The highest BCUT2D eigenvalue weighted by atomic mass is 79.9. The topological polar surface area (TPSA) is 45.5 Å². The van der Waals surface area contributed by atoms with E-state index in [0.29, 0.717) is 12.1 Å². The maximum absolute atomic E-state index is 12.4. The third-order valence-electron chi connectivity index (χ3n) is 4.67. The smallest absolute Gasteiger partial charge is 0.251 e. The summed E-state index contributed by atoms with van der Waals surface area (Å²) in [5.41, 5.74) is 0.662. The van der Waals surface area contributed by atoms with E-state index in [4.69, 9.17) is 4.42 Å². The number of hydrogen-bond acceptors (Lipinski definition) is 3. The molecule has 0 saturated carbocycles. The lowest BCUT2D eigenvalue weighted by molar-refractivity contribution is 0.0895. The van der Waals surface area contributed by atoms with Gasteiger partial charge in [0.2, 0.25) is 0 Å². The second-order valence-corrected chi connectivity index (χ2v) is 7.39. The summed E-state index contributed by atoms with van der Waals surface area (Å²) in [4.78, 5) is 14.8. The lowest BCUT2D eigenvalue weighted by Crippen LogP contribution is -2.41. The second-order valence-electron chi connectivity index (χ2n) is 6.47. The fraction of sp³-hybridized carbons (Fsp3) is 0.421. The van der Waals surface area contributed by atoms with Gasteiger partial charge in [-0.25, -0.2) is 0 Å². The standard InChI is InChI=1S/C19H23BrN2O2/c1-14-7-9-22(10-8-14)17(18-6-3-11-24-18)13-21-19(23)15-4-2-5-16(20)12-15/h2-6,11-12,14,17H,7-10,13H2,1H3,(H,21,23). The Hall–Kier alpha value is -1.59. The predicted octanol–water partition coefficient (Wildman–Crippen LogP) is 4.25. The number of piperidine rings is 1. The van der Waals surface area contributed by atoms with Gasteiger partial charge in [0.15, 0.2) is 0 Å². The van der Waals surface area contributed by atoms with E-state index in [0.717, 1.165) is 29.2 Å². The monoisotopic (exact) mass is 390 g/mol. The van der Waals surface area contributed by atoms with Gasteiger partial charge in [-0.1, -0.05) is 28.9 Å². The summed E-state index contributed by atoms with van der Waals surface area (Å²) in [6, 6.07) is 11.4. The molecule has 0 spiro atoms. The molecule has 24 heavy (non-hydrogen) atoms. The van der Waals surface area contributed by atoms with Crippen molar-refractivity contribution in [1.29, 1.82) is 0 Å². The van der Waals surface area contributed by atoms with E-state index in [-0.39, 0.29) is 11.9 Å². The van der Waals surface area contributed by atoms with Crippen LogP contribution in [0.5, 0.6) is 0 Å². The van der Waals surface area contributed by atoms with Crippen LogP contribution in [0.1, 0.15) is 41.9 Å². The zero-order valence-electron chi connectivity index (χ0n) is 13.9. The summed E-state index contributed by atoms with van der Waals surface area (Å²) in [6.45, 7) is 4.93. The highest BCUT2D eigenvalue weighted by Crippen LogP contribution is 2.26. The molecule has 4 nitrogen and oxygen atoms in total. The molecule has 1 fully saturated rings. The summed E-state index contributed by atoms with van der Waals surface area (Å²) < 4.78 is 6.54. The van der Waals surface area contributed by atoms with Gasteiger partial charge in [-0.05, 0) is 62.2 Å². The zero-order chi connectivity index (χ0) is 16.9. The van der Waals surface area contributed by atoms with Crippen molar-refractivity contribution >= 4 is 21.8 Å². The van der Waals surface area contributed by atoms with Crippen molar-refractivity contribution in [2.45, 2.75) is 25.8 Å². The van der Waals surface area contributed by atoms with Gasteiger partial charge in [-0.15, -0.1) is 0 Å². The van der Waals surface area contributed by atoms with Gasteiger partial charge in [0, 0.05) is 16.6 Å². The van der Waals surface area contributed by atoms with Crippen molar-refractivity contribution in [1.82, 2.24) is 10.2 Å². The highest BCUT2D eigenvalue weighted by molar-refractivity contribution is 9.10. The van der Waals surface area contributed by atoms with Crippen LogP contribution in [-0.4, -0.2) is 30.4 Å². The van der Waals surface area contributed by atoms with Crippen LogP contribution in [0.3, 0.4) is 0 Å². The minimum atomic E-state index is -0.0572. The Labute approximate surface area is 151 Å². The largest absolute Gasteiger partial charge is 0.468 e. The van der Waals surface area contributed by atoms with Crippen molar-refractivity contribution < 1.29 is 9.21 Å². The summed E-state index contributed by atoms with van der Waals surface area (Å²) in [6.07, 6.45) is 4.08. The molecule has 2 aromatic rings. The van der Waals surface area contributed by atoms with Crippen LogP contribution >= 0.6 is 15.9 Å². The van der Waals surface area contributed by atoms with E-state index in [1.54, 1.807) is 6.26 Å². The van der Waals surface area contributed by atoms with Crippen molar-refractivity contribution in [2.75, 3.05) is 19.6 Å². The van der Waals surface area contributed by atoms with E-state index < -0.39 is 0 Å². The summed E-state index contributed by atoms with van der Waals surface area (Å²) in [5.74, 6) is 1.63. The molecule has 1 saturated heterocycles. The van der Waals surface area contributed by atoms with Gasteiger partial charge in [0.05, 0.1) is 12.3 Å².